The van der Waals surface area contributed by atoms with Gasteiger partial charge >= 0.3 is 0 Å². The minimum atomic E-state index is 0.865. The smallest absolute Gasteiger partial charge is 0.143 e. The van der Waals surface area contributed by atoms with E-state index < -0.39 is 0 Å². The first-order valence-corrected chi connectivity index (χ1v) is 14.3. The monoisotopic (exact) mass is 543 g/mol. The van der Waals surface area contributed by atoms with E-state index in [1.165, 1.54) is 32.6 Å². The fraction of sp³-hybridized carbons (Fsp3) is 0. The number of hydrogen-bond acceptors (Lipinski definition) is 4. The molecule has 5 nitrogen and oxygen atoms in total. The second-order valence-corrected chi connectivity index (χ2v) is 11.2. The first-order valence-electron chi connectivity index (χ1n) is 13.5. The Bertz CT molecular complexity index is 2380. The van der Waals surface area contributed by atoms with Crippen LogP contribution in [0, 0.1) is 0 Å². The van der Waals surface area contributed by atoms with E-state index in [1.807, 2.05) is 18.5 Å². The molecule has 0 amide bonds. The molecule has 192 valence electrons. The molecular weight excluding hydrogens is 522 g/mol. The van der Waals surface area contributed by atoms with E-state index in [4.69, 9.17) is 9.97 Å². The largest absolute Gasteiger partial charge is 0.309 e. The van der Waals surface area contributed by atoms with Crippen molar-refractivity contribution in [1.82, 2.24) is 24.1 Å². The van der Waals surface area contributed by atoms with Gasteiger partial charge in [0.2, 0.25) is 0 Å². The minimum absolute atomic E-state index is 0.865. The van der Waals surface area contributed by atoms with Gasteiger partial charge < -0.3 is 9.13 Å². The van der Waals surface area contributed by atoms with Crippen LogP contribution in [-0.4, -0.2) is 24.1 Å². The quantitative estimate of drug-likeness (QED) is 0.223. The molecule has 0 saturated heterocycles. The van der Waals surface area contributed by atoms with Crippen LogP contribution in [0.1, 0.15) is 0 Å². The van der Waals surface area contributed by atoms with Crippen molar-refractivity contribution >= 4 is 65.2 Å². The summed E-state index contributed by atoms with van der Waals surface area (Å²) in [6, 6.07) is 38.8. The maximum Gasteiger partial charge on any atom is 0.143 e. The Hall–Kier alpha value is -5.33. The third kappa shape index (κ3) is 3.31. The Morgan fingerprint density at radius 2 is 1.20 bits per heavy atom. The third-order valence-corrected chi connectivity index (χ3v) is 8.93. The molecule has 0 saturated carbocycles. The molecule has 0 fully saturated rings. The molecule has 0 spiro atoms. The summed E-state index contributed by atoms with van der Waals surface area (Å²) >= 11 is 1.62. The normalized spacial score (nSPS) is 11.9. The highest BCUT2D eigenvalue weighted by molar-refractivity contribution is 7.21. The van der Waals surface area contributed by atoms with Crippen molar-refractivity contribution in [3.05, 3.63) is 128 Å². The first-order chi connectivity index (χ1) is 20.3. The van der Waals surface area contributed by atoms with Crippen molar-refractivity contribution < 1.29 is 0 Å². The number of para-hydroxylation sites is 3. The Balaban J connectivity index is 1.30. The highest BCUT2D eigenvalue weighted by Gasteiger charge is 2.18. The van der Waals surface area contributed by atoms with Crippen LogP contribution in [0.2, 0.25) is 0 Å². The number of benzene rings is 4. The molecule has 0 unspecified atom stereocenters. The predicted octanol–water partition coefficient (Wildman–Crippen LogP) is 8.95. The van der Waals surface area contributed by atoms with Crippen molar-refractivity contribution in [1.29, 1.82) is 0 Å². The van der Waals surface area contributed by atoms with E-state index in [2.05, 4.69) is 117 Å². The van der Waals surface area contributed by atoms with Crippen LogP contribution < -0.4 is 0 Å². The second-order valence-electron chi connectivity index (χ2n) is 10.2. The molecule has 0 aliphatic carbocycles. The van der Waals surface area contributed by atoms with Gasteiger partial charge in [-0.2, -0.15) is 0 Å². The minimum Gasteiger partial charge on any atom is -0.309 e. The van der Waals surface area contributed by atoms with Gasteiger partial charge in [0.15, 0.2) is 0 Å². The van der Waals surface area contributed by atoms with E-state index in [0.717, 1.165) is 43.3 Å². The van der Waals surface area contributed by atoms with E-state index >= 15 is 0 Å². The number of rotatable bonds is 3. The molecule has 6 heteroatoms. The maximum atomic E-state index is 4.87. The molecule has 5 heterocycles. The standard InChI is InChI=1S/C35H21N5S/c1-2-8-22(9-3-1)39-30-12-6-4-10-24(30)26-19-33-27(18-32(26)39)25-11-5-7-13-31(25)40(33)23-14-15-29(37-20-23)35-38-28-16-17-36-21-34(28)41-35/h1-21H. The van der Waals surface area contributed by atoms with Gasteiger partial charge in [-0.25, -0.2) is 4.98 Å². The SMILES string of the molecule is c1ccc(-n2c3ccccc3c3cc4c(cc32)c2ccccc2n4-c2ccc(-c3nc4ccncc4s3)nc2)cc1. The molecule has 5 aromatic heterocycles. The average Bonchev–Trinajstić information content (AvgIpc) is 3.71. The molecule has 0 N–H and O–H groups in total. The van der Waals surface area contributed by atoms with E-state index in [9.17, 15) is 0 Å². The van der Waals surface area contributed by atoms with Gasteiger partial charge in [-0.15, -0.1) is 11.3 Å². The highest BCUT2D eigenvalue weighted by Crippen LogP contribution is 2.39. The summed E-state index contributed by atoms with van der Waals surface area (Å²) in [5.41, 5.74) is 8.72. The Kier molecular flexibility index (Phi) is 4.71. The lowest BCUT2D eigenvalue weighted by Gasteiger charge is -2.09. The van der Waals surface area contributed by atoms with E-state index in [-0.39, 0.29) is 0 Å². The Morgan fingerprint density at radius 3 is 1.85 bits per heavy atom. The topological polar surface area (TPSA) is 48.5 Å². The number of nitrogens with zero attached hydrogens (tertiary/aromatic N) is 5. The van der Waals surface area contributed by atoms with Gasteiger partial charge in [-0.3, -0.25) is 9.97 Å². The van der Waals surface area contributed by atoms with Gasteiger partial charge in [0.05, 0.1) is 49.9 Å². The van der Waals surface area contributed by atoms with Crippen LogP contribution in [0.5, 0.6) is 0 Å². The molecule has 9 rings (SSSR count). The van der Waals surface area contributed by atoms with Crippen LogP contribution in [0.4, 0.5) is 0 Å². The van der Waals surface area contributed by atoms with Crippen molar-refractivity contribution in [2.75, 3.05) is 0 Å². The Morgan fingerprint density at radius 1 is 0.537 bits per heavy atom. The van der Waals surface area contributed by atoms with Crippen LogP contribution in [-0.2, 0) is 0 Å². The summed E-state index contributed by atoms with van der Waals surface area (Å²) in [4.78, 5) is 13.9. The second kappa shape index (κ2) is 8.58. The molecule has 9 aromatic rings. The average molecular weight is 544 g/mol. The van der Waals surface area contributed by atoms with Crippen molar-refractivity contribution in [3.8, 4) is 22.1 Å². The molecule has 0 aliphatic rings. The molecule has 0 bridgehead atoms. The molecule has 0 aliphatic heterocycles. The molecule has 0 radical (unpaired) electrons. The summed E-state index contributed by atoms with van der Waals surface area (Å²) in [7, 11) is 0. The summed E-state index contributed by atoms with van der Waals surface area (Å²) < 4.78 is 5.77. The van der Waals surface area contributed by atoms with Gasteiger partial charge in [-0.05, 0) is 54.6 Å². The molecule has 41 heavy (non-hydrogen) atoms. The lowest BCUT2D eigenvalue weighted by atomic mass is 10.1. The highest BCUT2D eigenvalue weighted by atomic mass is 32.1. The number of aromatic nitrogens is 5. The van der Waals surface area contributed by atoms with Crippen LogP contribution in [0.25, 0.3) is 75.9 Å². The van der Waals surface area contributed by atoms with Gasteiger partial charge in [0.1, 0.15) is 5.01 Å². The number of hydrogen-bond donors (Lipinski definition) is 0. The fourth-order valence-corrected chi connectivity index (χ4v) is 7.01. The van der Waals surface area contributed by atoms with Gasteiger partial charge in [0.25, 0.3) is 0 Å². The first kappa shape index (κ1) is 22.5. The summed E-state index contributed by atoms with van der Waals surface area (Å²) in [5.74, 6) is 0. The summed E-state index contributed by atoms with van der Waals surface area (Å²) in [6.45, 7) is 0. The van der Waals surface area contributed by atoms with Gasteiger partial charge in [-0.1, -0.05) is 54.6 Å². The summed E-state index contributed by atoms with van der Waals surface area (Å²) in [6.07, 6.45) is 5.60. The van der Waals surface area contributed by atoms with Crippen molar-refractivity contribution in [2.45, 2.75) is 0 Å². The molecular formula is C35H21N5S. The van der Waals surface area contributed by atoms with E-state index in [0.29, 0.717) is 0 Å². The van der Waals surface area contributed by atoms with Gasteiger partial charge in [0, 0.05) is 39.6 Å². The van der Waals surface area contributed by atoms with Crippen LogP contribution in [0.15, 0.2) is 128 Å². The zero-order valence-corrected chi connectivity index (χ0v) is 22.6. The Labute approximate surface area is 238 Å². The number of fused-ring (bicyclic) bond motifs is 7. The number of thiazole rings is 1. The zero-order valence-electron chi connectivity index (χ0n) is 21.8. The fourth-order valence-electron chi connectivity index (χ4n) is 6.10. The van der Waals surface area contributed by atoms with Crippen molar-refractivity contribution in [2.24, 2.45) is 0 Å². The van der Waals surface area contributed by atoms with Crippen LogP contribution in [0.3, 0.4) is 0 Å². The lowest BCUT2D eigenvalue weighted by Crippen LogP contribution is -1.96. The zero-order chi connectivity index (χ0) is 26.9. The predicted molar refractivity (Wildman–Crippen MR) is 169 cm³/mol. The third-order valence-electron chi connectivity index (χ3n) is 7.90. The molecule has 0 atom stereocenters. The van der Waals surface area contributed by atoms with E-state index in [1.54, 1.807) is 17.5 Å². The lowest BCUT2D eigenvalue weighted by molar-refractivity contribution is 1.14. The summed E-state index contributed by atoms with van der Waals surface area (Å²) in [5, 5.41) is 5.81. The maximum absolute atomic E-state index is 4.87. The molecule has 4 aromatic carbocycles. The number of pyridine rings is 2. The van der Waals surface area contributed by atoms with Crippen LogP contribution >= 0.6 is 11.3 Å². The van der Waals surface area contributed by atoms with Crippen molar-refractivity contribution in [3.63, 3.8) is 0 Å².